The Morgan fingerprint density at radius 2 is 0.758 bits per heavy atom. The first-order valence-corrected chi connectivity index (χ1v) is 27.6. The van der Waals surface area contributed by atoms with E-state index in [1.165, 1.54) is 186 Å². The van der Waals surface area contributed by atoms with Crippen LogP contribution in [0, 0.1) is 0 Å². The second-order valence-electron chi connectivity index (χ2n) is 18.9. The van der Waals surface area contributed by atoms with Crippen molar-refractivity contribution in [1.29, 1.82) is 0 Å². The van der Waals surface area contributed by atoms with Crippen molar-refractivity contribution < 1.29 is 24.5 Å². The first-order chi connectivity index (χ1) is 30.5. The highest BCUT2D eigenvalue weighted by molar-refractivity contribution is 5.76. The summed E-state index contributed by atoms with van der Waals surface area (Å²) >= 11 is 0. The van der Waals surface area contributed by atoms with Gasteiger partial charge in [-0.1, -0.05) is 224 Å². The summed E-state index contributed by atoms with van der Waals surface area (Å²) in [5.74, 6) is -0.0856. The van der Waals surface area contributed by atoms with Crippen LogP contribution < -0.4 is 5.32 Å². The summed E-state index contributed by atoms with van der Waals surface area (Å²) in [5, 5.41) is 23.2. The maximum absolute atomic E-state index is 12.5. The van der Waals surface area contributed by atoms with Crippen molar-refractivity contribution in [3.05, 3.63) is 24.3 Å². The zero-order chi connectivity index (χ0) is 45.1. The van der Waals surface area contributed by atoms with E-state index in [1.54, 1.807) is 0 Å². The highest BCUT2D eigenvalue weighted by Crippen LogP contribution is 2.16. The van der Waals surface area contributed by atoms with Crippen LogP contribution in [0.5, 0.6) is 0 Å². The zero-order valence-electron chi connectivity index (χ0n) is 41.6. The Bertz CT molecular complexity index is 966. The molecule has 0 saturated carbocycles. The molecule has 2 atom stereocenters. The third kappa shape index (κ3) is 47.8. The average Bonchev–Trinajstić information content (AvgIpc) is 3.27. The molecule has 0 rings (SSSR count). The molecule has 0 aromatic heterocycles. The normalized spacial score (nSPS) is 12.8. The standard InChI is InChI=1S/C56H107NO5/c1-3-5-7-9-11-13-15-17-19-21-23-25-30-34-38-42-46-50-56(61)62-51-47-43-39-35-31-27-26-29-33-37-41-45-49-55(60)57-53(52-58)54(59)48-44-40-36-32-28-24-22-20-18-16-14-12-10-8-6-4-2/h17,19,27,31,53-54,58-59H,3-16,18,20-26,28-30,32-52H2,1-2H3,(H,57,60)/b19-17-,31-27-. The SMILES string of the molecule is CCCCCCCC/C=C\CCCCCCCCCC(=O)OCCCCC/C=C\CCCCCCCC(=O)NC(CO)C(O)CCCCCCCCCCCCCCCCCC. The second-order valence-corrected chi connectivity index (χ2v) is 18.9. The minimum Gasteiger partial charge on any atom is -0.466 e. The molecule has 0 aliphatic carbocycles. The van der Waals surface area contributed by atoms with Crippen LogP contribution in [0.4, 0.5) is 0 Å². The van der Waals surface area contributed by atoms with Crippen molar-refractivity contribution in [3.8, 4) is 0 Å². The number of carbonyl (C=O) groups excluding carboxylic acids is 2. The maximum atomic E-state index is 12.5. The molecule has 0 spiro atoms. The van der Waals surface area contributed by atoms with E-state index in [-0.39, 0.29) is 18.5 Å². The molecule has 0 radical (unpaired) electrons. The molecule has 62 heavy (non-hydrogen) atoms. The summed E-state index contributed by atoms with van der Waals surface area (Å²) in [7, 11) is 0. The minimum absolute atomic E-state index is 0.0258. The highest BCUT2D eigenvalue weighted by Gasteiger charge is 2.20. The van der Waals surface area contributed by atoms with Crippen LogP contribution in [0.2, 0.25) is 0 Å². The number of allylic oxidation sites excluding steroid dienone is 4. The number of aliphatic hydroxyl groups excluding tert-OH is 2. The summed E-state index contributed by atoms with van der Waals surface area (Å²) in [6.45, 7) is 4.90. The Morgan fingerprint density at radius 3 is 1.15 bits per heavy atom. The summed E-state index contributed by atoms with van der Waals surface area (Å²) in [6.07, 6.45) is 61.5. The molecule has 0 aliphatic heterocycles. The summed E-state index contributed by atoms with van der Waals surface area (Å²) in [4.78, 5) is 24.5. The molecule has 0 saturated heterocycles. The Balaban J connectivity index is 3.49. The molecular weight excluding hydrogens is 767 g/mol. The van der Waals surface area contributed by atoms with Crippen LogP contribution in [0.15, 0.2) is 24.3 Å². The number of esters is 1. The molecule has 1 amide bonds. The van der Waals surface area contributed by atoms with E-state index in [1.807, 2.05) is 0 Å². The van der Waals surface area contributed by atoms with E-state index in [0.717, 1.165) is 77.0 Å². The number of unbranched alkanes of at least 4 members (excludes halogenated alkanes) is 36. The summed E-state index contributed by atoms with van der Waals surface area (Å²) in [5.41, 5.74) is 0. The first kappa shape index (κ1) is 60.3. The van der Waals surface area contributed by atoms with E-state index in [4.69, 9.17) is 4.74 Å². The van der Waals surface area contributed by atoms with Crippen LogP contribution in [0.3, 0.4) is 0 Å². The second kappa shape index (κ2) is 52.0. The molecule has 0 bridgehead atoms. The molecule has 0 aromatic carbocycles. The smallest absolute Gasteiger partial charge is 0.305 e. The number of hydrogen-bond donors (Lipinski definition) is 3. The topological polar surface area (TPSA) is 95.9 Å². The lowest BCUT2D eigenvalue weighted by atomic mass is 10.0. The van der Waals surface area contributed by atoms with Gasteiger partial charge in [0.2, 0.25) is 5.91 Å². The van der Waals surface area contributed by atoms with Crippen molar-refractivity contribution in [1.82, 2.24) is 5.32 Å². The van der Waals surface area contributed by atoms with Crippen LogP contribution in [0.1, 0.15) is 296 Å². The predicted molar refractivity (Wildman–Crippen MR) is 269 cm³/mol. The molecular formula is C56H107NO5. The fourth-order valence-corrected chi connectivity index (χ4v) is 8.45. The van der Waals surface area contributed by atoms with Gasteiger partial charge in [0.1, 0.15) is 0 Å². The van der Waals surface area contributed by atoms with Gasteiger partial charge in [-0.15, -0.1) is 0 Å². The quantitative estimate of drug-likeness (QED) is 0.0321. The Kier molecular flexibility index (Phi) is 50.6. The molecule has 2 unspecified atom stereocenters. The van der Waals surface area contributed by atoms with Gasteiger partial charge in [-0.3, -0.25) is 9.59 Å². The maximum Gasteiger partial charge on any atom is 0.305 e. The largest absolute Gasteiger partial charge is 0.466 e. The fraction of sp³-hybridized carbons (Fsp3) is 0.893. The average molecular weight is 874 g/mol. The van der Waals surface area contributed by atoms with E-state index in [0.29, 0.717) is 25.9 Å². The molecule has 3 N–H and O–H groups in total. The summed E-state index contributed by atoms with van der Waals surface area (Å²) in [6, 6.07) is -0.560. The first-order valence-electron chi connectivity index (χ1n) is 27.6. The van der Waals surface area contributed by atoms with Gasteiger partial charge in [0.15, 0.2) is 0 Å². The number of ether oxygens (including phenoxy) is 1. The van der Waals surface area contributed by atoms with Crippen molar-refractivity contribution in [2.45, 2.75) is 309 Å². The van der Waals surface area contributed by atoms with Gasteiger partial charge < -0.3 is 20.3 Å². The third-order valence-electron chi connectivity index (χ3n) is 12.7. The monoisotopic (exact) mass is 874 g/mol. The molecule has 0 aliphatic rings. The lowest BCUT2D eigenvalue weighted by Gasteiger charge is -2.22. The van der Waals surface area contributed by atoms with Crippen LogP contribution >= 0.6 is 0 Å². The van der Waals surface area contributed by atoms with E-state index in [9.17, 15) is 19.8 Å². The third-order valence-corrected chi connectivity index (χ3v) is 12.7. The van der Waals surface area contributed by atoms with Gasteiger partial charge in [-0.25, -0.2) is 0 Å². The van der Waals surface area contributed by atoms with Crippen LogP contribution in [-0.2, 0) is 14.3 Å². The van der Waals surface area contributed by atoms with Gasteiger partial charge in [0.25, 0.3) is 0 Å². The van der Waals surface area contributed by atoms with Crippen molar-refractivity contribution >= 4 is 11.9 Å². The Morgan fingerprint density at radius 1 is 0.435 bits per heavy atom. The fourth-order valence-electron chi connectivity index (χ4n) is 8.45. The van der Waals surface area contributed by atoms with Gasteiger partial charge in [0, 0.05) is 12.8 Å². The molecule has 0 fully saturated rings. The van der Waals surface area contributed by atoms with E-state index in [2.05, 4.69) is 43.5 Å². The van der Waals surface area contributed by atoms with E-state index >= 15 is 0 Å². The molecule has 0 aromatic rings. The number of amides is 1. The Hall–Kier alpha value is -1.66. The minimum atomic E-state index is -0.680. The van der Waals surface area contributed by atoms with Crippen molar-refractivity contribution in [2.24, 2.45) is 0 Å². The van der Waals surface area contributed by atoms with Crippen LogP contribution in [0.25, 0.3) is 0 Å². The molecule has 6 nitrogen and oxygen atoms in total. The van der Waals surface area contributed by atoms with E-state index < -0.39 is 12.1 Å². The van der Waals surface area contributed by atoms with Gasteiger partial charge in [0.05, 0.1) is 25.4 Å². The Labute approximate surface area is 386 Å². The molecule has 6 heteroatoms. The van der Waals surface area contributed by atoms with Crippen molar-refractivity contribution in [3.63, 3.8) is 0 Å². The van der Waals surface area contributed by atoms with Gasteiger partial charge in [-0.05, 0) is 83.5 Å². The number of aliphatic hydroxyl groups is 2. The van der Waals surface area contributed by atoms with Crippen LogP contribution in [-0.4, -0.2) is 47.4 Å². The lowest BCUT2D eigenvalue weighted by Crippen LogP contribution is -2.45. The number of nitrogens with one attached hydrogen (secondary N) is 1. The number of hydrogen-bond acceptors (Lipinski definition) is 5. The molecule has 366 valence electrons. The summed E-state index contributed by atoms with van der Waals surface area (Å²) < 4.78 is 5.45. The number of carbonyl (C=O) groups is 2. The van der Waals surface area contributed by atoms with Gasteiger partial charge in [-0.2, -0.15) is 0 Å². The zero-order valence-corrected chi connectivity index (χ0v) is 41.6. The molecule has 0 heterocycles. The lowest BCUT2D eigenvalue weighted by molar-refractivity contribution is -0.143. The van der Waals surface area contributed by atoms with Crippen molar-refractivity contribution in [2.75, 3.05) is 13.2 Å². The highest BCUT2D eigenvalue weighted by atomic mass is 16.5. The predicted octanol–water partition coefficient (Wildman–Crippen LogP) is 16.7. The number of rotatable bonds is 51. The van der Waals surface area contributed by atoms with Gasteiger partial charge >= 0.3 is 5.97 Å².